The van der Waals surface area contributed by atoms with Gasteiger partial charge < -0.3 is 9.47 Å². The number of alkyl halides is 1. The van der Waals surface area contributed by atoms with Crippen LogP contribution in [0.15, 0.2) is 18.2 Å². The van der Waals surface area contributed by atoms with Gasteiger partial charge >= 0.3 is 0 Å². The lowest BCUT2D eigenvalue weighted by Crippen LogP contribution is -2.01. The SMILES string of the molecule is COCCCCOc1c(Cl)cccc1CBr. The second kappa shape index (κ2) is 7.93. The van der Waals surface area contributed by atoms with Crippen LogP contribution in [-0.4, -0.2) is 20.3 Å². The Bertz CT molecular complexity index is 318. The predicted molar refractivity (Wildman–Crippen MR) is 70.7 cm³/mol. The molecular weight excluding hydrogens is 291 g/mol. The molecular formula is C12H16BrClO2. The van der Waals surface area contributed by atoms with Gasteiger partial charge in [0.05, 0.1) is 11.6 Å². The van der Waals surface area contributed by atoms with Crippen molar-refractivity contribution in [3.05, 3.63) is 28.8 Å². The molecule has 0 amide bonds. The van der Waals surface area contributed by atoms with Gasteiger partial charge in [-0.3, -0.25) is 0 Å². The molecule has 0 aliphatic heterocycles. The number of benzene rings is 1. The van der Waals surface area contributed by atoms with Crippen LogP contribution < -0.4 is 4.74 Å². The van der Waals surface area contributed by atoms with Crippen molar-refractivity contribution in [1.29, 1.82) is 0 Å². The molecule has 0 aliphatic carbocycles. The molecule has 0 saturated heterocycles. The number of ether oxygens (including phenoxy) is 2. The van der Waals surface area contributed by atoms with Gasteiger partial charge in [-0.2, -0.15) is 0 Å². The fourth-order valence-corrected chi connectivity index (χ4v) is 2.03. The van der Waals surface area contributed by atoms with E-state index in [1.54, 1.807) is 7.11 Å². The van der Waals surface area contributed by atoms with Gasteiger partial charge in [0.25, 0.3) is 0 Å². The van der Waals surface area contributed by atoms with Crippen molar-refractivity contribution in [3.63, 3.8) is 0 Å². The normalized spacial score (nSPS) is 10.4. The van der Waals surface area contributed by atoms with Crippen molar-refractivity contribution in [2.24, 2.45) is 0 Å². The van der Waals surface area contributed by atoms with E-state index in [1.807, 2.05) is 18.2 Å². The average Bonchev–Trinajstić information content (AvgIpc) is 2.30. The molecule has 0 spiro atoms. The van der Waals surface area contributed by atoms with Crippen molar-refractivity contribution in [1.82, 2.24) is 0 Å². The van der Waals surface area contributed by atoms with E-state index in [-0.39, 0.29) is 0 Å². The fourth-order valence-electron chi connectivity index (χ4n) is 1.34. The molecule has 1 rings (SSSR count). The predicted octanol–water partition coefficient (Wildman–Crippen LogP) is 4.04. The molecule has 0 radical (unpaired) electrons. The molecule has 0 bridgehead atoms. The van der Waals surface area contributed by atoms with E-state index in [0.29, 0.717) is 11.6 Å². The summed E-state index contributed by atoms with van der Waals surface area (Å²) in [5.41, 5.74) is 1.08. The molecule has 0 saturated carbocycles. The van der Waals surface area contributed by atoms with E-state index < -0.39 is 0 Å². The molecule has 90 valence electrons. The minimum atomic E-state index is 0.670. The molecule has 0 atom stereocenters. The van der Waals surface area contributed by atoms with Crippen LogP contribution in [0.2, 0.25) is 5.02 Å². The first-order chi connectivity index (χ1) is 7.79. The van der Waals surface area contributed by atoms with Crippen LogP contribution in [0.5, 0.6) is 5.75 Å². The Labute approximate surface area is 110 Å². The van der Waals surface area contributed by atoms with E-state index in [0.717, 1.165) is 36.1 Å². The van der Waals surface area contributed by atoms with E-state index in [2.05, 4.69) is 15.9 Å². The van der Waals surface area contributed by atoms with Crippen molar-refractivity contribution >= 4 is 27.5 Å². The molecule has 0 fully saturated rings. The second-order valence-electron chi connectivity index (χ2n) is 3.41. The Morgan fingerprint density at radius 3 is 2.69 bits per heavy atom. The number of hydrogen-bond acceptors (Lipinski definition) is 2. The third-order valence-electron chi connectivity index (χ3n) is 2.18. The molecule has 4 heteroatoms. The highest BCUT2D eigenvalue weighted by molar-refractivity contribution is 9.08. The Hall–Kier alpha value is -0.250. The molecule has 0 aromatic heterocycles. The zero-order chi connectivity index (χ0) is 11.8. The van der Waals surface area contributed by atoms with Crippen LogP contribution >= 0.6 is 27.5 Å². The molecule has 1 aromatic carbocycles. The van der Waals surface area contributed by atoms with Gasteiger partial charge in [-0.15, -0.1) is 0 Å². The van der Waals surface area contributed by atoms with Gasteiger partial charge in [0, 0.05) is 24.6 Å². The van der Waals surface area contributed by atoms with Crippen LogP contribution in [0, 0.1) is 0 Å². The van der Waals surface area contributed by atoms with E-state index in [1.165, 1.54) is 0 Å². The summed E-state index contributed by atoms with van der Waals surface area (Å²) in [6.07, 6.45) is 1.98. The zero-order valence-corrected chi connectivity index (χ0v) is 11.7. The van der Waals surface area contributed by atoms with Crippen molar-refractivity contribution in [3.8, 4) is 5.75 Å². The Kier molecular flexibility index (Phi) is 6.85. The minimum Gasteiger partial charge on any atom is -0.492 e. The summed E-state index contributed by atoms with van der Waals surface area (Å²) >= 11 is 9.50. The summed E-state index contributed by atoms with van der Waals surface area (Å²) in [5, 5.41) is 1.42. The Balaban J connectivity index is 2.46. The summed E-state index contributed by atoms with van der Waals surface area (Å²) in [6.45, 7) is 1.45. The molecule has 0 aliphatic rings. The smallest absolute Gasteiger partial charge is 0.141 e. The van der Waals surface area contributed by atoms with Crippen LogP contribution in [0.25, 0.3) is 0 Å². The largest absolute Gasteiger partial charge is 0.492 e. The quantitative estimate of drug-likeness (QED) is 0.559. The van der Waals surface area contributed by atoms with Crippen molar-refractivity contribution < 1.29 is 9.47 Å². The number of methoxy groups -OCH3 is 1. The minimum absolute atomic E-state index is 0.670. The molecule has 0 heterocycles. The topological polar surface area (TPSA) is 18.5 Å². The molecule has 1 aromatic rings. The maximum absolute atomic E-state index is 6.08. The van der Waals surface area contributed by atoms with Crippen LogP contribution in [0.1, 0.15) is 18.4 Å². The molecule has 16 heavy (non-hydrogen) atoms. The maximum atomic E-state index is 6.08. The fraction of sp³-hybridized carbons (Fsp3) is 0.500. The summed E-state index contributed by atoms with van der Waals surface area (Å²) < 4.78 is 10.7. The van der Waals surface area contributed by atoms with Gasteiger partial charge in [0.1, 0.15) is 5.75 Å². The van der Waals surface area contributed by atoms with Gasteiger partial charge in [0.2, 0.25) is 0 Å². The zero-order valence-electron chi connectivity index (χ0n) is 9.34. The van der Waals surface area contributed by atoms with E-state index >= 15 is 0 Å². The van der Waals surface area contributed by atoms with Crippen LogP contribution in [0.4, 0.5) is 0 Å². The lowest BCUT2D eigenvalue weighted by atomic mass is 10.2. The first kappa shape index (κ1) is 13.8. The second-order valence-corrected chi connectivity index (χ2v) is 4.38. The number of unbranched alkanes of at least 4 members (excludes halogenated alkanes) is 1. The van der Waals surface area contributed by atoms with Crippen molar-refractivity contribution in [2.75, 3.05) is 20.3 Å². The summed E-state index contributed by atoms with van der Waals surface area (Å²) in [7, 11) is 1.71. The third-order valence-corrected chi connectivity index (χ3v) is 3.08. The monoisotopic (exact) mass is 306 g/mol. The van der Waals surface area contributed by atoms with Crippen LogP contribution in [-0.2, 0) is 10.1 Å². The lowest BCUT2D eigenvalue weighted by molar-refractivity contribution is 0.184. The molecule has 0 unspecified atom stereocenters. The van der Waals surface area contributed by atoms with Crippen molar-refractivity contribution in [2.45, 2.75) is 18.2 Å². The number of rotatable bonds is 7. The summed E-state index contributed by atoms with van der Waals surface area (Å²) in [5.74, 6) is 0.790. The number of hydrogen-bond donors (Lipinski definition) is 0. The number of halogens is 2. The first-order valence-corrected chi connectivity index (χ1v) is 6.74. The standard InChI is InChI=1S/C12H16BrClO2/c1-15-7-2-3-8-16-12-10(9-13)5-4-6-11(12)14/h4-6H,2-3,7-9H2,1H3. The lowest BCUT2D eigenvalue weighted by Gasteiger charge is -2.11. The Morgan fingerprint density at radius 1 is 1.25 bits per heavy atom. The van der Waals surface area contributed by atoms with Gasteiger partial charge in [0.15, 0.2) is 0 Å². The van der Waals surface area contributed by atoms with Gasteiger partial charge in [-0.05, 0) is 18.9 Å². The molecule has 0 N–H and O–H groups in total. The first-order valence-electron chi connectivity index (χ1n) is 5.24. The molecule has 2 nitrogen and oxygen atoms in total. The highest BCUT2D eigenvalue weighted by Gasteiger charge is 2.06. The van der Waals surface area contributed by atoms with Gasteiger partial charge in [-0.1, -0.05) is 39.7 Å². The highest BCUT2D eigenvalue weighted by Crippen LogP contribution is 2.30. The van der Waals surface area contributed by atoms with E-state index in [4.69, 9.17) is 21.1 Å². The maximum Gasteiger partial charge on any atom is 0.141 e. The average molecular weight is 308 g/mol. The third kappa shape index (κ3) is 4.32. The van der Waals surface area contributed by atoms with E-state index in [9.17, 15) is 0 Å². The Morgan fingerprint density at radius 2 is 2.00 bits per heavy atom. The summed E-state index contributed by atoms with van der Waals surface area (Å²) in [4.78, 5) is 0. The summed E-state index contributed by atoms with van der Waals surface area (Å²) in [6, 6.07) is 5.78. The highest BCUT2D eigenvalue weighted by atomic mass is 79.9. The number of para-hydroxylation sites is 1. The van der Waals surface area contributed by atoms with Gasteiger partial charge in [-0.25, -0.2) is 0 Å². The van der Waals surface area contributed by atoms with Crippen LogP contribution in [0.3, 0.4) is 0 Å².